The average molecular weight is 192 g/mol. The number of aldehydes is 1. The van der Waals surface area contributed by atoms with E-state index >= 15 is 0 Å². The number of rotatable bonds is 3. The quantitative estimate of drug-likeness (QED) is 0.694. The number of aromatic nitrogens is 2. The Balaban J connectivity index is 2.44. The van der Waals surface area contributed by atoms with Crippen molar-refractivity contribution >= 4 is 17.2 Å². The molecule has 0 fully saturated rings. The Labute approximate surface area is 80.1 Å². The van der Waals surface area contributed by atoms with Gasteiger partial charge in [0, 0.05) is 18.4 Å². The van der Waals surface area contributed by atoms with Crippen LogP contribution in [0.5, 0.6) is 0 Å². The summed E-state index contributed by atoms with van der Waals surface area (Å²) >= 11 is 0. The van der Waals surface area contributed by atoms with Crippen LogP contribution in [0.3, 0.4) is 0 Å². The summed E-state index contributed by atoms with van der Waals surface area (Å²) in [6, 6.07) is 4.50. The third-order valence-corrected chi connectivity index (χ3v) is 2.07. The standard InChI is InChI=1S/C10H9FN2O/c11-9-3-2-8-7-12-13(4-1-5-14)10(8)6-9/h2-3,5-7H,1,4H2. The van der Waals surface area contributed by atoms with E-state index in [-0.39, 0.29) is 5.82 Å². The summed E-state index contributed by atoms with van der Waals surface area (Å²) in [5, 5.41) is 4.95. The van der Waals surface area contributed by atoms with Gasteiger partial charge in [0.15, 0.2) is 0 Å². The Bertz CT molecular complexity index is 464. The van der Waals surface area contributed by atoms with E-state index in [1.165, 1.54) is 12.1 Å². The molecule has 1 aromatic carbocycles. The molecule has 2 rings (SSSR count). The summed E-state index contributed by atoms with van der Waals surface area (Å²) in [6.45, 7) is 0.496. The van der Waals surface area contributed by atoms with Gasteiger partial charge in [0.1, 0.15) is 12.1 Å². The van der Waals surface area contributed by atoms with Crippen molar-refractivity contribution in [2.75, 3.05) is 0 Å². The molecule has 0 aliphatic heterocycles. The highest BCUT2D eigenvalue weighted by Gasteiger charge is 2.02. The van der Waals surface area contributed by atoms with Crippen molar-refractivity contribution in [1.29, 1.82) is 0 Å². The lowest BCUT2D eigenvalue weighted by atomic mass is 10.2. The number of benzene rings is 1. The first kappa shape index (κ1) is 8.87. The monoisotopic (exact) mass is 192 g/mol. The van der Waals surface area contributed by atoms with E-state index in [0.29, 0.717) is 13.0 Å². The highest BCUT2D eigenvalue weighted by molar-refractivity contribution is 5.78. The number of hydrogen-bond acceptors (Lipinski definition) is 2. The fraction of sp³-hybridized carbons (Fsp3) is 0.200. The van der Waals surface area contributed by atoms with E-state index in [2.05, 4.69) is 5.10 Å². The Morgan fingerprint density at radius 1 is 1.50 bits per heavy atom. The minimum atomic E-state index is -0.287. The summed E-state index contributed by atoms with van der Waals surface area (Å²) in [5.41, 5.74) is 0.729. The minimum absolute atomic E-state index is 0.287. The summed E-state index contributed by atoms with van der Waals surface area (Å²) in [6.07, 6.45) is 2.89. The third kappa shape index (κ3) is 1.51. The summed E-state index contributed by atoms with van der Waals surface area (Å²) in [4.78, 5) is 10.2. The van der Waals surface area contributed by atoms with Crippen molar-refractivity contribution in [1.82, 2.24) is 9.78 Å². The zero-order valence-corrected chi connectivity index (χ0v) is 7.48. The highest BCUT2D eigenvalue weighted by Crippen LogP contribution is 2.14. The molecule has 0 bridgehead atoms. The van der Waals surface area contributed by atoms with Gasteiger partial charge in [-0.3, -0.25) is 4.68 Å². The second kappa shape index (κ2) is 3.57. The van der Waals surface area contributed by atoms with Crippen LogP contribution in [0.15, 0.2) is 24.4 Å². The fourth-order valence-corrected chi connectivity index (χ4v) is 1.40. The predicted octanol–water partition coefficient (Wildman–Crippen LogP) is 1.76. The van der Waals surface area contributed by atoms with Gasteiger partial charge in [-0.25, -0.2) is 4.39 Å². The van der Waals surface area contributed by atoms with E-state index in [9.17, 15) is 9.18 Å². The lowest BCUT2D eigenvalue weighted by molar-refractivity contribution is -0.108. The topological polar surface area (TPSA) is 34.9 Å². The SMILES string of the molecule is O=CCCn1ncc2ccc(F)cc21. The molecule has 0 amide bonds. The number of fused-ring (bicyclic) bond motifs is 1. The molecule has 0 atom stereocenters. The molecule has 2 aromatic rings. The van der Waals surface area contributed by atoms with Crippen molar-refractivity contribution in [3.05, 3.63) is 30.2 Å². The molecule has 14 heavy (non-hydrogen) atoms. The van der Waals surface area contributed by atoms with Gasteiger partial charge in [0.05, 0.1) is 11.7 Å². The Morgan fingerprint density at radius 3 is 3.14 bits per heavy atom. The lowest BCUT2D eigenvalue weighted by Crippen LogP contribution is -2.00. The van der Waals surface area contributed by atoms with Crippen LogP contribution in [0, 0.1) is 5.82 Å². The molecule has 72 valence electrons. The van der Waals surface area contributed by atoms with Crippen LogP contribution in [0.1, 0.15) is 6.42 Å². The van der Waals surface area contributed by atoms with Crippen molar-refractivity contribution in [3.63, 3.8) is 0 Å². The van der Waals surface area contributed by atoms with Gasteiger partial charge in [0.2, 0.25) is 0 Å². The fourth-order valence-electron chi connectivity index (χ4n) is 1.40. The van der Waals surface area contributed by atoms with Gasteiger partial charge in [0.25, 0.3) is 0 Å². The normalized spacial score (nSPS) is 10.6. The van der Waals surface area contributed by atoms with Gasteiger partial charge in [-0.1, -0.05) is 0 Å². The molecule has 0 spiro atoms. The Morgan fingerprint density at radius 2 is 2.36 bits per heavy atom. The van der Waals surface area contributed by atoms with Gasteiger partial charge in [-0.05, 0) is 18.2 Å². The first-order valence-electron chi connectivity index (χ1n) is 4.36. The maximum atomic E-state index is 12.9. The van der Waals surface area contributed by atoms with Gasteiger partial charge >= 0.3 is 0 Å². The van der Waals surface area contributed by atoms with Crippen LogP contribution < -0.4 is 0 Å². The lowest BCUT2D eigenvalue weighted by Gasteiger charge is -1.99. The van der Waals surface area contributed by atoms with E-state index in [0.717, 1.165) is 17.2 Å². The van der Waals surface area contributed by atoms with Crippen molar-refractivity contribution in [2.45, 2.75) is 13.0 Å². The number of aryl methyl sites for hydroxylation is 1. The number of carbonyl (C=O) groups excluding carboxylic acids is 1. The van der Waals surface area contributed by atoms with Crippen LogP contribution in [-0.2, 0) is 11.3 Å². The van der Waals surface area contributed by atoms with Crippen LogP contribution in [0.2, 0.25) is 0 Å². The summed E-state index contributed by atoms with van der Waals surface area (Å²) in [7, 11) is 0. The second-order valence-corrected chi connectivity index (χ2v) is 3.03. The molecule has 0 aliphatic rings. The molecule has 0 aliphatic carbocycles. The first-order chi connectivity index (χ1) is 6.81. The van der Waals surface area contributed by atoms with E-state index in [1.807, 2.05) is 0 Å². The second-order valence-electron chi connectivity index (χ2n) is 3.03. The largest absolute Gasteiger partial charge is 0.303 e. The van der Waals surface area contributed by atoms with Crippen LogP contribution in [0.4, 0.5) is 4.39 Å². The minimum Gasteiger partial charge on any atom is -0.303 e. The molecule has 3 nitrogen and oxygen atoms in total. The highest BCUT2D eigenvalue weighted by atomic mass is 19.1. The molecule has 1 heterocycles. The number of carbonyl (C=O) groups is 1. The van der Waals surface area contributed by atoms with Crippen molar-refractivity contribution < 1.29 is 9.18 Å². The molecular formula is C10H9FN2O. The van der Waals surface area contributed by atoms with Crippen LogP contribution >= 0.6 is 0 Å². The molecule has 0 saturated heterocycles. The average Bonchev–Trinajstić information content (AvgIpc) is 2.57. The molecular weight excluding hydrogens is 183 g/mol. The number of nitrogens with zero attached hydrogens (tertiary/aromatic N) is 2. The number of hydrogen-bond donors (Lipinski definition) is 0. The van der Waals surface area contributed by atoms with E-state index < -0.39 is 0 Å². The molecule has 0 N–H and O–H groups in total. The zero-order chi connectivity index (χ0) is 9.97. The maximum Gasteiger partial charge on any atom is 0.125 e. The molecule has 0 saturated carbocycles. The smallest absolute Gasteiger partial charge is 0.125 e. The predicted molar refractivity (Wildman–Crippen MR) is 50.4 cm³/mol. The van der Waals surface area contributed by atoms with Gasteiger partial charge < -0.3 is 4.79 Å². The maximum absolute atomic E-state index is 12.9. The molecule has 4 heteroatoms. The molecule has 0 radical (unpaired) electrons. The van der Waals surface area contributed by atoms with Crippen molar-refractivity contribution in [3.8, 4) is 0 Å². The Kier molecular flexibility index (Phi) is 2.26. The van der Waals surface area contributed by atoms with E-state index in [4.69, 9.17) is 0 Å². The summed E-state index contributed by atoms with van der Waals surface area (Å²) in [5.74, 6) is -0.287. The van der Waals surface area contributed by atoms with Gasteiger partial charge in [-0.15, -0.1) is 0 Å². The van der Waals surface area contributed by atoms with Crippen LogP contribution in [-0.4, -0.2) is 16.1 Å². The van der Waals surface area contributed by atoms with Gasteiger partial charge in [-0.2, -0.15) is 5.10 Å². The number of halogens is 1. The van der Waals surface area contributed by atoms with E-state index in [1.54, 1.807) is 16.9 Å². The Hall–Kier alpha value is -1.71. The molecule has 0 unspecified atom stereocenters. The summed E-state index contributed by atoms with van der Waals surface area (Å²) < 4.78 is 14.5. The zero-order valence-electron chi connectivity index (χ0n) is 7.48. The van der Waals surface area contributed by atoms with Crippen LogP contribution in [0.25, 0.3) is 10.9 Å². The molecule has 1 aromatic heterocycles. The first-order valence-corrected chi connectivity index (χ1v) is 4.36. The third-order valence-electron chi connectivity index (χ3n) is 2.07. The van der Waals surface area contributed by atoms with Crippen molar-refractivity contribution in [2.24, 2.45) is 0 Å².